The molecule has 0 aromatic heterocycles. The third-order valence-corrected chi connectivity index (χ3v) is 0.176. The van der Waals surface area contributed by atoms with Gasteiger partial charge in [-0.2, -0.15) is 0 Å². The molecule has 0 fully saturated rings. The SMILES string of the molecule is [2H]C(C)(N)C([2H])([2H])O. The van der Waals surface area contributed by atoms with Gasteiger partial charge in [0.15, 0.2) is 0 Å². The quantitative estimate of drug-likeness (QED) is 0.437. The molecular weight excluding hydrogens is 66.0 g/mol. The minimum Gasteiger partial charge on any atom is -0.395 e. The van der Waals surface area contributed by atoms with E-state index in [0.717, 1.165) is 6.92 Å². The van der Waals surface area contributed by atoms with Gasteiger partial charge in [0.05, 0.1) is 9.30 Å². The number of nitrogens with two attached hydrogens (primary N) is 1. The number of rotatable bonds is 1. The van der Waals surface area contributed by atoms with Crippen molar-refractivity contribution in [3.8, 4) is 0 Å². The van der Waals surface area contributed by atoms with Crippen LogP contribution in [-0.2, 0) is 0 Å². The van der Waals surface area contributed by atoms with Crippen molar-refractivity contribution in [3.05, 3.63) is 0 Å². The Bertz CT molecular complexity index is 69.5. The molecule has 1 atom stereocenters. The summed E-state index contributed by atoms with van der Waals surface area (Å²) < 4.78 is 19.7. The van der Waals surface area contributed by atoms with Crippen molar-refractivity contribution in [1.82, 2.24) is 0 Å². The van der Waals surface area contributed by atoms with Crippen molar-refractivity contribution in [2.24, 2.45) is 5.73 Å². The predicted octanol–water partition coefficient (Wildman–Crippen LogP) is -0.674. The van der Waals surface area contributed by atoms with Crippen LogP contribution >= 0.6 is 0 Å². The summed E-state index contributed by atoms with van der Waals surface area (Å²) in [4.78, 5) is 0. The van der Waals surface area contributed by atoms with Gasteiger partial charge in [-0.05, 0) is 6.92 Å². The smallest absolute Gasteiger partial charge is 0.0580 e. The predicted molar refractivity (Wildman–Crippen MR) is 20.7 cm³/mol. The fourth-order valence-corrected chi connectivity index (χ4v) is 0. The van der Waals surface area contributed by atoms with E-state index in [0.29, 0.717) is 0 Å². The van der Waals surface area contributed by atoms with Crippen LogP contribution in [0.4, 0.5) is 0 Å². The van der Waals surface area contributed by atoms with E-state index in [1.165, 1.54) is 0 Å². The molecule has 0 aliphatic rings. The Labute approximate surface area is 35.8 Å². The van der Waals surface area contributed by atoms with E-state index in [1.807, 2.05) is 0 Å². The summed E-state index contributed by atoms with van der Waals surface area (Å²) >= 11 is 0. The molecule has 2 heteroatoms. The van der Waals surface area contributed by atoms with Crippen LogP contribution in [-0.4, -0.2) is 17.7 Å². The largest absolute Gasteiger partial charge is 0.395 e. The summed E-state index contributed by atoms with van der Waals surface area (Å²) in [6.45, 7) is -1.53. The molecule has 0 saturated carbocycles. The summed E-state index contributed by atoms with van der Waals surface area (Å²) in [5, 5.41) is 8.38. The maximum Gasteiger partial charge on any atom is 0.0580 e. The van der Waals surface area contributed by atoms with E-state index in [-0.39, 0.29) is 0 Å². The van der Waals surface area contributed by atoms with E-state index in [4.69, 9.17) is 15.0 Å². The van der Waals surface area contributed by atoms with Gasteiger partial charge < -0.3 is 10.8 Å². The highest BCUT2D eigenvalue weighted by Gasteiger charge is 1.81. The maximum absolute atomic E-state index is 8.38. The topological polar surface area (TPSA) is 46.2 Å². The van der Waals surface area contributed by atoms with Crippen molar-refractivity contribution in [2.75, 3.05) is 6.56 Å². The lowest BCUT2D eigenvalue weighted by molar-refractivity contribution is 0.273. The molecule has 0 bridgehead atoms. The van der Waals surface area contributed by atoms with Gasteiger partial charge in [0.2, 0.25) is 0 Å². The summed E-state index contributed by atoms with van der Waals surface area (Å²) in [7, 11) is 0. The van der Waals surface area contributed by atoms with Crippen molar-refractivity contribution in [2.45, 2.75) is 12.9 Å². The fourth-order valence-electron chi connectivity index (χ4n) is 0. The van der Waals surface area contributed by atoms with Crippen molar-refractivity contribution >= 4 is 0 Å². The Morgan fingerprint density at radius 1 is 2.60 bits per heavy atom. The lowest BCUT2D eigenvalue weighted by Crippen LogP contribution is -2.18. The van der Waals surface area contributed by atoms with E-state index in [9.17, 15) is 0 Å². The molecule has 1 unspecified atom stereocenters. The van der Waals surface area contributed by atoms with Crippen molar-refractivity contribution in [3.63, 3.8) is 0 Å². The minimum absolute atomic E-state index is 1.09. The molecule has 0 saturated heterocycles. The number of hydrogen-bond donors (Lipinski definition) is 2. The summed E-state index contributed by atoms with van der Waals surface area (Å²) in [6.07, 6.45) is 0. The van der Waals surface area contributed by atoms with Crippen molar-refractivity contribution < 1.29 is 9.22 Å². The first-order valence-electron chi connectivity index (χ1n) is 2.76. The highest BCUT2D eigenvalue weighted by Crippen LogP contribution is 1.62. The van der Waals surface area contributed by atoms with Crippen LogP contribution in [0.15, 0.2) is 0 Å². The number of aliphatic hydroxyl groups is 1. The molecule has 0 heterocycles. The third-order valence-electron chi connectivity index (χ3n) is 0.176. The van der Waals surface area contributed by atoms with E-state index >= 15 is 0 Å². The fraction of sp³-hybridized carbons (Fsp3) is 1.00. The standard InChI is InChI=1S/C3H9NO/c1-3(4)2-5/h3,5H,2,4H2,1H3/i2D2,3D. The Balaban J connectivity index is 4.02. The molecule has 0 radical (unpaired) electrons. The first kappa shape index (κ1) is 1.58. The van der Waals surface area contributed by atoms with E-state index < -0.39 is 12.6 Å². The second-order valence-electron chi connectivity index (χ2n) is 0.795. The first-order chi connectivity index (χ1) is 3.25. The summed E-state index contributed by atoms with van der Waals surface area (Å²) in [6, 6.07) is -1.92. The lowest BCUT2D eigenvalue weighted by Gasteiger charge is -1.91. The monoisotopic (exact) mass is 78.1 g/mol. The van der Waals surface area contributed by atoms with Crippen LogP contribution in [0.25, 0.3) is 0 Å². The highest BCUT2D eigenvalue weighted by molar-refractivity contribution is 4.43. The Hall–Kier alpha value is -0.0800. The summed E-state index contributed by atoms with van der Waals surface area (Å²) in [5.74, 6) is 0. The summed E-state index contributed by atoms with van der Waals surface area (Å²) in [5.41, 5.74) is 4.85. The third kappa shape index (κ3) is 3.92. The van der Waals surface area contributed by atoms with Gasteiger partial charge >= 0.3 is 0 Å². The molecule has 0 amide bonds. The second-order valence-corrected chi connectivity index (χ2v) is 0.795. The Morgan fingerprint density at radius 2 is 2.80 bits per heavy atom. The molecule has 0 aromatic carbocycles. The van der Waals surface area contributed by atoms with Gasteiger partial charge in [0.1, 0.15) is 0 Å². The molecule has 0 aromatic rings. The molecule has 0 rings (SSSR count). The van der Waals surface area contributed by atoms with E-state index in [2.05, 4.69) is 0 Å². The Morgan fingerprint density at radius 3 is 2.80 bits per heavy atom. The van der Waals surface area contributed by atoms with Crippen molar-refractivity contribution in [1.29, 1.82) is 0 Å². The zero-order valence-corrected chi connectivity index (χ0v) is 3.02. The first-order valence-corrected chi connectivity index (χ1v) is 1.26. The molecule has 0 spiro atoms. The lowest BCUT2D eigenvalue weighted by atomic mass is 10.4. The molecule has 0 aliphatic heterocycles. The van der Waals surface area contributed by atoms with Gasteiger partial charge in [0.25, 0.3) is 0 Å². The van der Waals surface area contributed by atoms with Crippen LogP contribution < -0.4 is 5.73 Å². The van der Waals surface area contributed by atoms with Gasteiger partial charge in [-0.25, -0.2) is 0 Å². The average Bonchev–Trinajstić information content (AvgIpc) is 1.25. The van der Waals surface area contributed by atoms with Crippen LogP contribution in [0.5, 0.6) is 0 Å². The molecule has 3 N–H and O–H groups in total. The molecule has 2 nitrogen and oxygen atoms in total. The molecule has 0 aliphatic carbocycles. The molecule has 32 valence electrons. The van der Waals surface area contributed by atoms with Gasteiger partial charge in [-0.15, -0.1) is 0 Å². The van der Waals surface area contributed by atoms with Crippen LogP contribution in [0.1, 0.15) is 11.0 Å². The average molecular weight is 78.1 g/mol. The van der Waals surface area contributed by atoms with Crippen LogP contribution in [0.3, 0.4) is 0 Å². The number of hydrogen-bond acceptors (Lipinski definition) is 2. The zero-order valence-electron chi connectivity index (χ0n) is 6.02. The van der Waals surface area contributed by atoms with Gasteiger partial charge in [0, 0.05) is 7.39 Å². The highest BCUT2D eigenvalue weighted by atomic mass is 16.3. The molecular formula is C3H9NO. The molecule has 5 heavy (non-hydrogen) atoms. The van der Waals surface area contributed by atoms with Crippen LogP contribution in [0, 0.1) is 0 Å². The Kier molecular flexibility index (Phi) is 0.687. The minimum atomic E-state index is -2.62. The van der Waals surface area contributed by atoms with E-state index in [1.54, 1.807) is 0 Å². The van der Waals surface area contributed by atoms with Gasteiger partial charge in [-0.3, -0.25) is 0 Å². The van der Waals surface area contributed by atoms with Gasteiger partial charge in [-0.1, -0.05) is 0 Å². The maximum atomic E-state index is 8.38. The van der Waals surface area contributed by atoms with Crippen LogP contribution in [0.2, 0.25) is 0 Å². The normalized spacial score (nSPS) is 33.0. The second kappa shape index (κ2) is 2.18. The zero-order chi connectivity index (χ0) is 7.00.